The van der Waals surface area contributed by atoms with Gasteiger partial charge in [0.05, 0.1) is 25.4 Å². The number of carbonyl (C=O) groups is 1. The Bertz CT molecular complexity index is 182. The average molecular weight is 232 g/mol. The first kappa shape index (κ1) is 15.6. The minimum atomic E-state index is 0.0658. The van der Waals surface area contributed by atoms with Crippen molar-refractivity contribution in [1.29, 1.82) is 0 Å². The predicted molar refractivity (Wildman–Crippen MR) is 62.6 cm³/mol. The zero-order chi connectivity index (χ0) is 12.4. The van der Waals surface area contributed by atoms with Gasteiger partial charge in [0, 0.05) is 20.1 Å². The second-order valence-corrected chi connectivity index (χ2v) is 4.07. The number of methoxy groups -OCH3 is 1. The molecule has 2 unspecified atom stereocenters. The first-order valence-corrected chi connectivity index (χ1v) is 5.77. The molecule has 0 heterocycles. The molecule has 0 aromatic carbocycles. The van der Waals surface area contributed by atoms with Crippen molar-refractivity contribution in [2.24, 2.45) is 0 Å². The van der Waals surface area contributed by atoms with Gasteiger partial charge in [-0.2, -0.15) is 0 Å². The summed E-state index contributed by atoms with van der Waals surface area (Å²) in [4.78, 5) is 10.7. The van der Waals surface area contributed by atoms with Gasteiger partial charge in [-0.05, 0) is 27.2 Å². The number of ketones is 1. The molecule has 4 nitrogen and oxygen atoms in total. The summed E-state index contributed by atoms with van der Waals surface area (Å²) in [6.07, 6.45) is 1.56. The van der Waals surface area contributed by atoms with Crippen molar-refractivity contribution in [3.05, 3.63) is 0 Å². The molecule has 0 spiro atoms. The lowest BCUT2D eigenvalue weighted by atomic mass is 10.2. The Morgan fingerprint density at radius 3 is 2.38 bits per heavy atom. The van der Waals surface area contributed by atoms with Crippen molar-refractivity contribution >= 4 is 5.78 Å². The number of Topliss-reactive ketones (excluding diaryl/α,β-unsaturated/α-hetero) is 1. The predicted octanol–water partition coefficient (Wildman–Crippen LogP) is 1.81. The van der Waals surface area contributed by atoms with E-state index in [0.29, 0.717) is 26.2 Å². The molecule has 0 amide bonds. The van der Waals surface area contributed by atoms with Crippen LogP contribution in [0.3, 0.4) is 0 Å². The maximum absolute atomic E-state index is 10.7. The highest BCUT2D eigenvalue weighted by Gasteiger charge is 2.05. The van der Waals surface area contributed by atoms with Crippen LogP contribution in [-0.4, -0.2) is 44.9 Å². The average Bonchev–Trinajstić information content (AvgIpc) is 2.24. The normalized spacial score (nSPS) is 14.8. The van der Waals surface area contributed by atoms with E-state index in [1.54, 1.807) is 14.0 Å². The Kier molecular flexibility index (Phi) is 9.48. The van der Waals surface area contributed by atoms with Crippen LogP contribution in [0.4, 0.5) is 0 Å². The van der Waals surface area contributed by atoms with E-state index in [0.717, 1.165) is 6.42 Å². The fourth-order valence-electron chi connectivity index (χ4n) is 1.12. The largest absolute Gasteiger partial charge is 0.379 e. The zero-order valence-electron chi connectivity index (χ0n) is 10.8. The number of hydrogen-bond donors (Lipinski definition) is 0. The molecule has 0 saturated heterocycles. The molecular weight excluding hydrogens is 208 g/mol. The van der Waals surface area contributed by atoms with Gasteiger partial charge in [0.15, 0.2) is 0 Å². The first-order valence-electron chi connectivity index (χ1n) is 5.77. The molecule has 16 heavy (non-hydrogen) atoms. The molecule has 0 aliphatic carbocycles. The maximum atomic E-state index is 10.7. The quantitative estimate of drug-likeness (QED) is 0.539. The topological polar surface area (TPSA) is 44.8 Å². The van der Waals surface area contributed by atoms with Crippen molar-refractivity contribution in [2.45, 2.75) is 45.8 Å². The summed E-state index contributed by atoms with van der Waals surface area (Å²) in [6.45, 7) is 7.28. The summed E-state index contributed by atoms with van der Waals surface area (Å²) < 4.78 is 16.0. The van der Waals surface area contributed by atoms with E-state index >= 15 is 0 Å². The van der Waals surface area contributed by atoms with Gasteiger partial charge in [-0.25, -0.2) is 0 Å². The third-order valence-electron chi connectivity index (χ3n) is 2.18. The molecule has 96 valence electrons. The standard InChI is InChI=1S/C12H24O4/c1-10(13)6-5-7-16-12(3)9-15-8-11(2)14-4/h11-12H,5-9H2,1-4H3. The zero-order valence-corrected chi connectivity index (χ0v) is 10.8. The van der Waals surface area contributed by atoms with Gasteiger partial charge in [-0.1, -0.05) is 0 Å². The molecule has 0 aromatic rings. The third-order valence-corrected chi connectivity index (χ3v) is 2.18. The fraction of sp³-hybridized carbons (Fsp3) is 0.917. The minimum absolute atomic E-state index is 0.0658. The van der Waals surface area contributed by atoms with Gasteiger partial charge in [-0.15, -0.1) is 0 Å². The molecule has 4 heteroatoms. The second kappa shape index (κ2) is 9.75. The Hall–Kier alpha value is -0.450. The Labute approximate surface area is 98.3 Å². The monoisotopic (exact) mass is 232 g/mol. The highest BCUT2D eigenvalue weighted by Crippen LogP contribution is 1.98. The highest BCUT2D eigenvalue weighted by molar-refractivity contribution is 5.75. The van der Waals surface area contributed by atoms with Crippen LogP contribution in [0.2, 0.25) is 0 Å². The lowest BCUT2D eigenvalue weighted by Crippen LogP contribution is -2.21. The van der Waals surface area contributed by atoms with Gasteiger partial charge in [0.1, 0.15) is 5.78 Å². The first-order chi connectivity index (χ1) is 7.56. The second-order valence-electron chi connectivity index (χ2n) is 4.07. The van der Waals surface area contributed by atoms with E-state index in [1.165, 1.54) is 0 Å². The summed E-state index contributed by atoms with van der Waals surface area (Å²) in [5.41, 5.74) is 0. The Balaban J connectivity index is 3.30. The molecule has 0 bridgehead atoms. The lowest BCUT2D eigenvalue weighted by Gasteiger charge is -2.15. The number of hydrogen-bond acceptors (Lipinski definition) is 4. The van der Waals surface area contributed by atoms with Crippen molar-refractivity contribution in [3.8, 4) is 0 Å². The summed E-state index contributed by atoms with van der Waals surface area (Å²) in [5, 5.41) is 0. The van der Waals surface area contributed by atoms with Crippen molar-refractivity contribution < 1.29 is 19.0 Å². The van der Waals surface area contributed by atoms with Crippen LogP contribution in [0.25, 0.3) is 0 Å². The maximum Gasteiger partial charge on any atom is 0.129 e. The van der Waals surface area contributed by atoms with Crippen LogP contribution in [0, 0.1) is 0 Å². The van der Waals surface area contributed by atoms with Gasteiger partial charge >= 0.3 is 0 Å². The number of rotatable bonds is 10. The van der Waals surface area contributed by atoms with Crippen LogP contribution in [0.5, 0.6) is 0 Å². The van der Waals surface area contributed by atoms with Crippen LogP contribution in [0.15, 0.2) is 0 Å². The summed E-state index contributed by atoms with van der Waals surface area (Å²) in [6, 6.07) is 0. The van der Waals surface area contributed by atoms with Gasteiger partial charge < -0.3 is 19.0 Å². The van der Waals surface area contributed by atoms with E-state index in [9.17, 15) is 4.79 Å². The smallest absolute Gasteiger partial charge is 0.129 e. The molecule has 0 aliphatic rings. The molecular formula is C12H24O4. The van der Waals surface area contributed by atoms with E-state index in [4.69, 9.17) is 14.2 Å². The summed E-state index contributed by atoms with van der Waals surface area (Å²) in [7, 11) is 1.66. The molecule has 0 radical (unpaired) electrons. The highest BCUT2D eigenvalue weighted by atomic mass is 16.5. The van der Waals surface area contributed by atoms with Crippen LogP contribution < -0.4 is 0 Å². The minimum Gasteiger partial charge on any atom is -0.379 e. The summed E-state index contributed by atoms with van der Waals surface area (Å²) >= 11 is 0. The molecule has 2 atom stereocenters. The van der Waals surface area contributed by atoms with E-state index in [1.807, 2.05) is 13.8 Å². The molecule has 0 rings (SSSR count). The molecule has 0 aromatic heterocycles. The fourth-order valence-corrected chi connectivity index (χ4v) is 1.12. The van der Waals surface area contributed by atoms with Crippen LogP contribution in [-0.2, 0) is 19.0 Å². The van der Waals surface area contributed by atoms with Gasteiger partial charge in [0.2, 0.25) is 0 Å². The van der Waals surface area contributed by atoms with Crippen molar-refractivity contribution in [2.75, 3.05) is 26.9 Å². The Morgan fingerprint density at radius 1 is 1.19 bits per heavy atom. The van der Waals surface area contributed by atoms with Gasteiger partial charge in [-0.3, -0.25) is 0 Å². The van der Waals surface area contributed by atoms with E-state index in [2.05, 4.69) is 0 Å². The lowest BCUT2D eigenvalue weighted by molar-refractivity contribution is -0.117. The third kappa shape index (κ3) is 10.1. The van der Waals surface area contributed by atoms with Gasteiger partial charge in [0.25, 0.3) is 0 Å². The summed E-state index contributed by atoms with van der Waals surface area (Å²) in [5.74, 6) is 0.210. The van der Waals surface area contributed by atoms with E-state index in [-0.39, 0.29) is 18.0 Å². The Morgan fingerprint density at radius 2 is 1.81 bits per heavy atom. The molecule has 0 aliphatic heterocycles. The SMILES string of the molecule is COC(C)COCC(C)OCCCC(C)=O. The molecule has 0 fully saturated rings. The van der Waals surface area contributed by atoms with Crippen LogP contribution in [0.1, 0.15) is 33.6 Å². The number of ether oxygens (including phenoxy) is 3. The van der Waals surface area contributed by atoms with E-state index < -0.39 is 0 Å². The van der Waals surface area contributed by atoms with Crippen molar-refractivity contribution in [3.63, 3.8) is 0 Å². The van der Waals surface area contributed by atoms with Crippen LogP contribution >= 0.6 is 0 Å². The molecule has 0 N–H and O–H groups in total. The number of carbonyl (C=O) groups excluding carboxylic acids is 1. The molecule has 0 saturated carbocycles. The van der Waals surface area contributed by atoms with Crippen molar-refractivity contribution in [1.82, 2.24) is 0 Å².